The first-order valence-electron chi connectivity index (χ1n) is 10.2. The minimum Gasteiger partial charge on any atom is -0.379 e. The number of benzene rings is 1. The number of morpholine rings is 1. The van der Waals surface area contributed by atoms with Crippen LogP contribution in [0.4, 0.5) is 5.13 Å². The van der Waals surface area contributed by atoms with Gasteiger partial charge >= 0.3 is 0 Å². The van der Waals surface area contributed by atoms with Crippen molar-refractivity contribution in [3.8, 4) is 11.3 Å². The molecule has 28 heavy (non-hydrogen) atoms. The maximum Gasteiger partial charge on any atom is 0.189 e. The van der Waals surface area contributed by atoms with Gasteiger partial charge in [-0.05, 0) is 25.1 Å². The zero-order valence-electron chi connectivity index (χ0n) is 16.2. The van der Waals surface area contributed by atoms with E-state index >= 15 is 0 Å². The Balaban J connectivity index is 1.48. The molecule has 1 aromatic heterocycles. The molecule has 2 fully saturated rings. The second kappa shape index (κ2) is 9.78. The van der Waals surface area contributed by atoms with Crippen LogP contribution in [0.1, 0.15) is 37.0 Å². The van der Waals surface area contributed by atoms with Gasteiger partial charge in [-0.15, -0.1) is 0 Å². The molecule has 1 aliphatic heterocycles. The molecule has 0 radical (unpaired) electrons. The molecular formula is C21H28N4OS2. The summed E-state index contributed by atoms with van der Waals surface area (Å²) < 4.78 is 5.49. The van der Waals surface area contributed by atoms with Crippen molar-refractivity contribution < 1.29 is 4.74 Å². The summed E-state index contributed by atoms with van der Waals surface area (Å²) in [6.07, 6.45) is 6.34. The lowest BCUT2D eigenvalue weighted by molar-refractivity contribution is 0.0347. The molecule has 2 aromatic rings. The van der Waals surface area contributed by atoms with Crippen molar-refractivity contribution in [2.75, 3.05) is 31.6 Å². The van der Waals surface area contributed by atoms with Crippen LogP contribution in [-0.2, 0) is 11.3 Å². The number of rotatable bonds is 5. The summed E-state index contributed by atoms with van der Waals surface area (Å²) in [6.45, 7) is 4.45. The zero-order chi connectivity index (χ0) is 19.2. The third-order valence-electron chi connectivity index (χ3n) is 5.38. The summed E-state index contributed by atoms with van der Waals surface area (Å²) in [4.78, 5) is 8.61. The molecule has 0 bridgehead atoms. The van der Waals surface area contributed by atoms with E-state index in [1.165, 1.54) is 37.0 Å². The van der Waals surface area contributed by atoms with Gasteiger partial charge < -0.3 is 15.4 Å². The Hall–Kier alpha value is -1.54. The van der Waals surface area contributed by atoms with Crippen LogP contribution in [0, 0.1) is 0 Å². The molecule has 1 aromatic carbocycles. The molecule has 7 heteroatoms. The van der Waals surface area contributed by atoms with Crippen LogP contribution in [0.25, 0.3) is 11.3 Å². The molecule has 0 atom stereocenters. The van der Waals surface area contributed by atoms with Gasteiger partial charge in [0, 0.05) is 36.1 Å². The lowest BCUT2D eigenvalue weighted by Crippen LogP contribution is -2.38. The quantitative estimate of drug-likeness (QED) is 0.710. The Labute approximate surface area is 176 Å². The van der Waals surface area contributed by atoms with Gasteiger partial charge in [0.15, 0.2) is 10.2 Å². The summed E-state index contributed by atoms with van der Waals surface area (Å²) in [7, 11) is 0. The minimum atomic E-state index is 0.495. The van der Waals surface area contributed by atoms with Crippen LogP contribution in [0.2, 0.25) is 0 Å². The molecule has 2 N–H and O–H groups in total. The van der Waals surface area contributed by atoms with Crippen LogP contribution >= 0.6 is 23.6 Å². The number of hydrogen-bond donors (Lipinski definition) is 2. The normalized spacial score (nSPS) is 18.7. The number of nitrogens with one attached hydrogen (secondary N) is 2. The highest BCUT2D eigenvalue weighted by Crippen LogP contribution is 2.32. The third kappa shape index (κ3) is 5.29. The maximum absolute atomic E-state index is 5.56. The van der Waals surface area contributed by atoms with Gasteiger partial charge in [-0.25, -0.2) is 4.98 Å². The number of hydrogen-bond acceptors (Lipinski definition) is 5. The summed E-state index contributed by atoms with van der Waals surface area (Å²) in [5, 5.41) is 8.38. The summed E-state index contributed by atoms with van der Waals surface area (Å²) >= 11 is 7.27. The summed E-state index contributed by atoms with van der Waals surface area (Å²) in [5.74, 6) is 0. The van der Waals surface area contributed by atoms with Gasteiger partial charge in [0.05, 0.1) is 18.9 Å². The molecule has 0 spiro atoms. The molecule has 1 saturated heterocycles. The molecule has 4 rings (SSSR count). The number of thiazole rings is 1. The molecule has 1 aliphatic carbocycles. The predicted octanol–water partition coefficient (Wildman–Crippen LogP) is 4.26. The van der Waals surface area contributed by atoms with Gasteiger partial charge in [-0.2, -0.15) is 0 Å². The Morgan fingerprint density at radius 3 is 2.64 bits per heavy atom. The van der Waals surface area contributed by atoms with Crippen molar-refractivity contribution in [2.45, 2.75) is 44.7 Å². The van der Waals surface area contributed by atoms with E-state index in [0.29, 0.717) is 11.2 Å². The van der Waals surface area contributed by atoms with Crippen LogP contribution in [-0.4, -0.2) is 47.3 Å². The fourth-order valence-corrected chi connectivity index (χ4v) is 5.22. The lowest BCUT2D eigenvalue weighted by Gasteiger charge is -2.26. The highest BCUT2D eigenvalue weighted by atomic mass is 32.1. The molecule has 2 heterocycles. The van der Waals surface area contributed by atoms with Crippen LogP contribution in [0.5, 0.6) is 0 Å². The van der Waals surface area contributed by atoms with Gasteiger partial charge in [0.1, 0.15) is 0 Å². The highest BCUT2D eigenvalue weighted by molar-refractivity contribution is 7.80. The van der Waals surface area contributed by atoms with E-state index in [2.05, 4.69) is 39.8 Å². The standard InChI is InChI=1S/C21H28N4OS2/c27-20(22-17-9-5-2-6-10-17)24-21-23-19(16-7-3-1-4-8-16)18(28-21)15-25-11-13-26-14-12-25/h1,3-4,7-8,17H,2,5-6,9-15H2,(H2,22,23,24,27). The highest BCUT2D eigenvalue weighted by Gasteiger charge is 2.19. The number of aromatic nitrogens is 1. The predicted molar refractivity (Wildman–Crippen MR) is 120 cm³/mol. The molecular weight excluding hydrogens is 388 g/mol. The van der Waals surface area contributed by atoms with Gasteiger partial charge in [-0.1, -0.05) is 60.9 Å². The van der Waals surface area contributed by atoms with Crippen LogP contribution in [0.3, 0.4) is 0 Å². The first kappa shape index (κ1) is 19.8. The van der Waals surface area contributed by atoms with Crippen molar-refractivity contribution >= 4 is 33.8 Å². The molecule has 150 valence electrons. The first-order chi connectivity index (χ1) is 13.8. The minimum absolute atomic E-state index is 0.495. The largest absolute Gasteiger partial charge is 0.379 e. The molecule has 0 unspecified atom stereocenters. The number of ether oxygens (including phenoxy) is 1. The van der Waals surface area contributed by atoms with E-state index in [1.54, 1.807) is 11.3 Å². The smallest absolute Gasteiger partial charge is 0.189 e. The van der Waals surface area contributed by atoms with E-state index in [9.17, 15) is 0 Å². The Morgan fingerprint density at radius 1 is 1.14 bits per heavy atom. The topological polar surface area (TPSA) is 49.4 Å². The van der Waals surface area contributed by atoms with Crippen molar-refractivity contribution in [1.82, 2.24) is 15.2 Å². The van der Waals surface area contributed by atoms with Gasteiger partial charge in [-0.3, -0.25) is 4.90 Å². The molecule has 1 saturated carbocycles. The fraction of sp³-hybridized carbons (Fsp3) is 0.524. The van der Waals surface area contributed by atoms with E-state index in [4.69, 9.17) is 21.9 Å². The van der Waals surface area contributed by atoms with E-state index in [1.807, 2.05) is 6.07 Å². The first-order valence-corrected chi connectivity index (χ1v) is 11.4. The van der Waals surface area contributed by atoms with Crippen LogP contribution < -0.4 is 10.6 Å². The van der Waals surface area contributed by atoms with Gasteiger partial charge in [0.25, 0.3) is 0 Å². The van der Waals surface area contributed by atoms with E-state index in [0.717, 1.165) is 49.2 Å². The van der Waals surface area contributed by atoms with Crippen molar-refractivity contribution in [1.29, 1.82) is 0 Å². The Kier molecular flexibility index (Phi) is 6.90. The molecule has 5 nitrogen and oxygen atoms in total. The van der Waals surface area contributed by atoms with Crippen LogP contribution in [0.15, 0.2) is 30.3 Å². The lowest BCUT2D eigenvalue weighted by atomic mass is 9.96. The number of nitrogens with zero attached hydrogens (tertiary/aromatic N) is 2. The Bertz CT molecular complexity index is 768. The maximum atomic E-state index is 5.56. The molecule has 0 amide bonds. The van der Waals surface area contributed by atoms with E-state index < -0.39 is 0 Å². The average Bonchev–Trinajstić information content (AvgIpc) is 3.12. The van der Waals surface area contributed by atoms with Crippen molar-refractivity contribution in [2.24, 2.45) is 0 Å². The zero-order valence-corrected chi connectivity index (χ0v) is 17.8. The monoisotopic (exact) mass is 416 g/mol. The number of thiocarbonyl (C=S) groups is 1. The fourth-order valence-electron chi connectivity index (χ4n) is 3.86. The summed E-state index contributed by atoms with van der Waals surface area (Å²) in [5.41, 5.74) is 2.21. The SMILES string of the molecule is S=C(Nc1nc(-c2ccccc2)c(CN2CCOCC2)s1)NC1CCCCC1. The van der Waals surface area contributed by atoms with Gasteiger partial charge in [0.2, 0.25) is 0 Å². The second-order valence-electron chi connectivity index (χ2n) is 7.48. The van der Waals surface area contributed by atoms with E-state index in [-0.39, 0.29) is 0 Å². The average molecular weight is 417 g/mol. The van der Waals surface area contributed by atoms with Crippen molar-refractivity contribution in [3.63, 3.8) is 0 Å². The molecule has 2 aliphatic rings. The number of anilines is 1. The summed E-state index contributed by atoms with van der Waals surface area (Å²) in [6, 6.07) is 10.9. The van der Waals surface area contributed by atoms with Crippen molar-refractivity contribution in [3.05, 3.63) is 35.2 Å². The Morgan fingerprint density at radius 2 is 1.89 bits per heavy atom. The second-order valence-corrected chi connectivity index (χ2v) is 8.97. The third-order valence-corrected chi connectivity index (χ3v) is 6.55.